The number of ether oxygens (including phenoxy) is 1. The van der Waals surface area contributed by atoms with E-state index < -0.39 is 0 Å². The molecule has 2 aromatic carbocycles. The molecule has 0 bridgehead atoms. The molecule has 4 rings (SSSR count). The van der Waals surface area contributed by atoms with E-state index >= 15 is 0 Å². The van der Waals surface area contributed by atoms with Gasteiger partial charge in [0, 0.05) is 18.2 Å². The van der Waals surface area contributed by atoms with Crippen LogP contribution in [0.15, 0.2) is 54.6 Å². The lowest BCUT2D eigenvalue weighted by atomic mass is 9.76. The van der Waals surface area contributed by atoms with Gasteiger partial charge in [0.15, 0.2) is 0 Å². The molecule has 1 N–H and O–H groups in total. The van der Waals surface area contributed by atoms with Crippen LogP contribution >= 0.6 is 0 Å². The van der Waals surface area contributed by atoms with Crippen LogP contribution in [0, 0.1) is 0 Å². The fourth-order valence-electron chi connectivity index (χ4n) is 4.94. The summed E-state index contributed by atoms with van der Waals surface area (Å²) >= 11 is 0. The molecule has 2 atom stereocenters. The molecular formula is C22H28N2O. The minimum atomic E-state index is 0.154. The van der Waals surface area contributed by atoms with Crippen molar-refractivity contribution in [3.8, 4) is 5.75 Å². The normalized spacial score (nSPS) is 26.4. The fourth-order valence-corrected chi connectivity index (χ4v) is 4.94. The summed E-state index contributed by atoms with van der Waals surface area (Å²) in [5.74, 6) is 0.975. The maximum absolute atomic E-state index is 5.53. The molecule has 3 heteroatoms. The summed E-state index contributed by atoms with van der Waals surface area (Å²) in [6, 6.07) is 20.0. The minimum absolute atomic E-state index is 0.154. The van der Waals surface area contributed by atoms with Gasteiger partial charge in [-0.25, -0.2) is 0 Å². The van der Waals surface area contributed by atoms with E-state index in [-0.39, 0.29) is 5.54 Å². The SMILES string of the molecule is COc1ccccc1CN[C@H]1CCCN2CCC[C@]12c1ccccc1. The van der Waals surface area contributed by atoms with Crippen molar-refractivity contribution in [2.75, 3.05) is 20.2 Å². The zero-order chi connectivity index (χ0) is 17.1. The van der Waals surface area contributed by atoms with Crippen LogP contribution in [0.2, 0.25) is 0 Å². The van der Waals surface area contributed by atoms with E-state index in [0.717, 1.165) is 12.3 Å². The molecule has 0 aliphatic carbocycles. The van der Waals surface area contributed by atoms with E-state index in [0.29, 0.717) is 6.04 Å². The average Bonchev–Trinajstić information content (AvgIpc) is 3.13. The molecule has 2 heterocycles. The first-order valence-electron chi connectivity index (χ1n) is 9.50. The largest absolute Gasteiger partial charge is 0.496 e. The standard InChI is InChI=1S/C22H28N2O/c1-25-20-12-6-5-9-18(20)17-23-21-13-7-15-24-16-8-14-22(21,24)19-10-3-2-4-11-19/h2-6,9-12,21,23H,7-8,13-17H2,1H3/t21-,22-/m0/s1. The van der Waals surface area contributed by atoms with Crippen LogP contribution in [-0.2, 0) is 12.1 Å². The number of fused-ring (bicyclic) bond motifs is 1. The Morgan fingerprint density at radius 2 is 1.80 bits per heavy atom. The van der Waals surface area contributed by atoms with Gasteiger partial charge < -0.3 is 10.1 Å². The van der Waals surface area contributed by atoms with Crippen molar-refractivity contribution in [2.45, 2.75) is 43.8 Å². The molecular weight excluding hydrogens is 308 g/mol. The van der Waals surface area contributed by atoms with Crippen molar-refractivity contribution in [3.05, 3.63) is 65.7 Å². The molecule has 0 spiro atoms. The Hall–Kier alpha value is -1.84. The van der Waals surface area contributed by atoms with E-state index in [4.69, 9.17) is 4.74 Å². The van der Waals surface area contributed by atoms with Gasteiger partial charge in [0.05, 0.1) is 12.6 Å². The second kappa shape index (κ2) is 7.19. The van der Waals surface area contributed by atoms with Gasteiger partial charge in [-0.1, -0.05) is 48.5 Å². The molecule has 3 nitrogen and oxygen atoms in total. The number of hydrogen-bond donors (Lipinski definition) is 1. The van der Waals surface area contributed by atoms with Gasteiger partial charge in [-0.15, -0.1) is 0 Å². The fraction of sp³-hybridized carbons (Fsp3) is 0.455. The average molecular weight is 336 g/mol. The molecule has 0 aromatic heterocycles. The lowest BCUT2D eigenvalue weighted by Crippen LogP contribution is -2.58. The maximum atomic E-state index is 5.53. The monoisotopic (exact) mass is 336 g/mol. The summed E-state index contributed by atoms with van der Waals surface area (Å²) in [7, 11) is 1.75. The first kappa shape index (κ1) is 16.6. The van der Waals surface area contributed by atoms with Crippen molar-refractivity contribution in [3.63, 3.8) is 0 Å². The number of methoxy groups -OCH3 is 1. The molecule has 2 fully saturated rings. The first-order chi connectivity index (χ1) is 12.3. The summed E-state index contributed by atoms with van der Waals surface area (Å²) in [6.07, 6.45) is 5.06. The van der Waals surface area contributed by atoms with E-state index in [1.54, 1.807) is 7.11 Å². The van der Waals surface area contributed by atoms with Crippen LogP contribution in [0.4, 0.5) is 0 Å². The predicted octanol–water partition coefficient (Wildman–Crippen LogP) is 3.94. The highest BCUT2D eigenvalue weighted by molar-refractivity contribution is 5.34. The topological polar surface area (TPSA) is 24.5 Å². The highest BCUT2D eigenvalue weighted by atomic mass is 16.5. The van der Waals surface area contributed by atoms with Crippen molar-refractivity contribution < 1.29 is 4.74 Å². The predicted molar refractivity (Wildman–Crippen MR) is 102 cm³/mol. The van der Waals surface area contributed by atoms with Crippen LogP contribution in [0.1, 0.15) is 36.8 Å². The smallest absolute Gasteiger partial charge is 0.123 e. The Kier molecular flexibility index (Phi) is 4.78. The van der Waals surface area contributed by atoms with Crippen LogP contribution in [0.25, 0.3) is 0 Å². The molecule has 2 saturated heterocycles. The Labute approximate surface area is 151 Å². The van der Waals surface area contributed by atoms with Gasteiger partial charge in [0.2, 0.25) is 0 Å². The van der Waals surface area contributed by atoms with Gasteiger partial charge in [0.25, 0.3) is 0 Å². The lowest BCUT2D eigenvalue weighted by Gasteiger charge is -2.49. The molecule has 2 aliphatic rings. The maximum Gasteiger partial charge on any atom is 0.123 e. The molecule has 0 radical (unpaired) electrons. The first-order valence-corrected chi connectivity index (χ1v) is 9.50. The molecule has 0 saturated carbocycles. The Balaban J connectivity index is 1.61. The van der Waals surface area contributed by atoms with Gasteiger partial charge in [-0.2, -0.15) is 0 Å². The lowest BCUT2D eigenvalue weighted by molar-refractivity contribution is 0.0482. The molecule has 2 aromatic rings. The Bertz CT molecular complexity index is 702. The summed E-state index contributed by atoms with van der Waals surface area (Å²) < 4.78 is 5.53. The molecule has 132 valence electrons. The second-order valence-electron chi connectivity index (χ2n) is 7.27. The van der Waals surface area contributed by atoms with Gasteiger partial charge >= 0.3 is 0 Å². The van der Waals surface area contributed by atoms with Crippen LogP contribution in [0.5, 0.6) is 5.75 Å². The number of benzene rings is 2. The van der Waals surface area contributed by atoms with Crippen molar-refractivity contribution in [2.24, 2.45) is 0 Å². The highest BCUT2D eigenvalue weighted by Crippen LogP contribution is 2.45. The zero-order valence-corrected chi connectivity index (χ0v) is 15.1. The third kappa shape index (κ3) is 2.96. The van der Waals surface area contributed by atoms with Crippen LogP contribution < -0.4 is 10.1 Å². The molecule has 0 amide bonds. The van der Waals surface area contributed by atoms with Crippen LogP contribution in [-0.4, -0.2) is 31.1 Å². The number of para-hydroxylation sites is 1. The summed E-state index contributed by atoms with van der Waals surface area (Å²) in [4.78, 5) is 2.73. The number of piperidine rings is 1. The van der Waals surface area contributed by atoms with Gasteiger partial charge in [-0.05, 0) is 50.4 Å². The summed E-state index contributed by atoms with van der Waals surface area (Å²) in [5, 5.41) is 3.90. The third-order valence-corrected chi connectivity index (χ3v) is 6.05. The Morgan fingerprint density at radius 3 is 2.64 bits per heavy atom. The second-order valence-corrected chi connectivity index (χ2v) is 7.27. The van der Waals surface area contributed by atoms with E-state index in [1.165, 1.54) is 49.9 Å². The van der Waals surface area contributed by atoms with Crippen LogP contribution in [0.3, 0.4) is 0 Å². The summed E-state index contributed by atoms with van der Waals surface area (Å²) in [6.45, 7) is 3.31. The van der Waals surface area contributed by atoms with Crippen molar-refractivity contribution in [1.82, 2.24) is 10.2 Å². The third-order valence-electron chi connectivity index (χ3n) is 6.05. The molecule has 25 heavy (non-hydrogen) atoms. The van der Waals surface area contributed by atoms with E-state index in [2.05, 4.69) is 52.7 Å². The highest BCUT2D eigenvalue weighted by Gasteiger charge is 2.49. The minimum Gasteiger partial charge on any atom is -0.496 e. The van der Waals surface area contributed by atoms with Gasteiger partial charge in [-0.3, -0.25) is 4.90 Å². The number of nitrogens with one attached hydrogen (secondary N) is 1. The quantitative estimate of drug-likeness (QED) is 0.895. The number of hydrogen-bond acceptors (Lipinski definition) is 3. The molecule has 2 aliphatic heterocycles. The number of rotatable bonds is 5. The number of nitrogens with zero attached hydrogens (tertiary/aromatic N) is 1. The van der Waals surface area contributed by atoms with Gasteiger partial charge in [0.1, 0.15) is 5.75 Å². The van der Waals surface area contributed by atoms with Crippen molar-refractivity contribution >= 4 is 0 Å². The Morgan fingerprint density at radius 1 is 1.04 bits per heavy atom. The molecule has 0 unspecified atom stereocenters. The summed E-state index contributed by atoms with van der Waals surface area (Å²) in [5.41, 5.74) is 2.87. The van der Waals surface area contributed by atoms with Crippen molar-refractivity contribution in [1.29, 1.82) is 0 Å². The zero-order valence-electron chi connectivity index (χ0n) is 15.1. The van der Waals surface area contributed by atoms with E-state index in [1.807, 2.05) is 12.1 Å². The van der Waals surface area contributed by atoms with E-state index in [9.17, 15) is 0 Å².